The maximum atomic E-state index is 3.69. The number of aryl methyl sites for hydroxylation is 2. The van der Waals surface area contributed by atoms with Gasteiger partial charge < -0.3 is 0 Å². The molecule has 0 saturated heterocycles. The molecule has 1 aromatic rings. The van der Waals surface area contributed by atoms with Gasteiger partial charge in [-0.15, -0.1) is 0 Å². The monoisotopic (exact) mass is 450 g/mol. The minimum atomic E-state index is 1.25. The highest BCUT2D eigenvalue weighted by molar-refractivity contribution is 14.1. The molecule has 0 aliphatic carbocycles. The molecule has 0 N–H and O–H groups in total. The molecule has 114 valence electrons. The first-order valence-electron chi connectivity index (χ1n) is 8.15. The van der Waals surface area contributed by atoms with Crippen molar-refractivity contribution < 1.29 is 0 Å². The van der Waals surface area contributed by atoms with Gasteiger partial charge >= 0.3 is 0 Å². The van der Waals surface area contributed by atoms with Crippen molar-refractivity contribution in [3.63, 3.8) is 0 Å². The molecule has 0 amide bonds. The van der Waals surface area contributed by atoms with Crippen molar-refractivity contribution in [1.29, 1.82) is 0 Å². The molecule has 0 bridgehead atoms. The zero-order valence-corrected chi connectivity index (χ0v) is 16.7. The Bertz CT molecular complexity index is 350. The summed E-state index contributed by atoms with van der Waals surface area (Å²) in [6.45, 7) is 4.56. The van der Waals surface area contributed by atoms with Gasteiger partial charge in [-0.05, 0) is 87.5 Å². The number of unbranched alkanes of at least 4 members (excludes halogenated alkanes) is 6. The number of hydrogen-bond donors (Lipinski definition) is 0. The predicted molar refractivity (Wildman–Crippen MR) is 103 cm³/mol. The van der Waals surface area contributed by atoms with Crippen LogP contribution in [0.1, 0.15) is 76.3 Å². The molecule has 0 unspecified atom stereocenters. The molecule has 0 nitrogen and oxygen atoms in total. The summed E-state index contributed by atoms with van der Waals surface area (Å²) in [7, 11) is 0. The second-order valence-electron chi connectivity index (χ2n) is 5.66. The first-order valence-corrected chi connectivity index (χ1v) is 10.0. The summed E-state index contributed by atoms with van der Waals surface area (Å²) in [5.41, 5.74) is 3.16. The van der Waals surface area contributed by atoms with E-state index in [0.717, 1.165) is 0 Å². The molecule has 0 spiro atoms. The van der Waals surface area contributed by atoms with Crippen LogP contribution in [0.4, 0.5) is 0 Å². The lowest BCUT2D eigenvalue weighted by Gasteiger charge is -2.12. The van der Waals surface area contributed by atoms with Crippen molar-refractivity contribution in [3.8, 4) is 0 Å². The molecule has 1 aromatic carbocycles. The van der Waals surface area contributed by atoms with Gasteiger partial charge in [-0.2, -0.15) is 0 Å². The SMILES string of the molecule is CCCCCCc1cc(Br)c(I)cc1CCCCCC. The first kappa shape index (κ1) is 18.5. The van der Waals surface area contributed by atoms with E-state index in [1.165, 1.54) is 72.3 Å². The van der Waals surface area contributed by atoms with Crippen LogP contribution in [0.5, 0.6) is 0 Å². The van der Waals surface area contributed by atoms with Crippen LogP contribution in [0.3, 0.4) is 0 Å². The summed E-state index contributed by atoms with van der Waals surface area (Å²) in [5, 5.41) is 0. The van der Waals surface area contributed by atoms with Crippen LogP contribution < -0.4 is 0 Å². The van der Waals surface area contributed by atoms with E-state index in [2.05, 4.69) is 64.5 Å². The van der Waals surface area contributed by atoms with Crippen molar-refractivity contribution in [2.24, 2.45) is 0 Å². The molecule has 2 heteroatoms. The number of hydrogen-bond acceptors (Lipinski definition) is 0. The lowest BCUT2D eigenvalue weighted by Crippen LogP contribution is -1.97. The Hall–Kier alpha value is 0.430. The average molecular weight is 451 g/mol. The summed E-state index contributed by atoms with van der Waals surface area (Å²) in [6.07, 6.45) is 13.3. The van der Waals surface area contributed by atoms with Crippen LogP contribution in [-0.4, -0.2) is 0 Å². The third-order valence-electron chi connectivity index (χ3n) is 3.84. The van der Waals surface area contributed by atoms with Crippen LogP contribution in [0, 0.1) is 3.57 Å². The zero-order valence-electron chi connectivity index (χ0n) is 13.0. The second kappa shape index (κ2) is 11.1. The van der Waals surface area contributed by atoms with E-state index in [4.69, 9.17) is 0 Å². The Labute approximate surface area is 147 Å². The third-order valence-corrected chi connectivity index (χ3v) is 6.13. The van der Waals surface area contributed by atoms with Gasteiger partial charge in [0.2, 0.25) is 0 Å². The first-order chi connectivity index (χ1) is 9.69. The van der Waals surface area contributed by atoms with E-state index in [0.29, 0.717) is 0 Å². The summed E-state index contributed by atoms with van der Waals surface area (Å²) in [4.78, 5) is 0. The van der Waals surface area contributed by atoms with Crippen molar-refractivity contribution >= 4 is 38.5 Å². The molecule has 0 atom stereocenters. The Morgan fingerprint density at radius 1 is 0.800 bits per heavy atom. The third kappa shape index (κ3) is 6.93. The van der Waals surface area contributed by atoms with Crippen LogP contribution >= 0.6 is 38.5 Å². The molecule has 1 rings (SSSR count). The fraction of sp³-hybridized carbons (Fsp3) is 0.667. The number of benzene rings is 1. The van der Waals surface area contributed by atoms with E-state index < -0.39 is 0 Å². The molecule has 20 heavy (non-hydrogen) atoms. The summed E-state index contributed by atoms with van der Waals surface area (Å²) < 4.78 is 2.62. The fourth-order valence-corrected chi connectivity index (χ4v) is 3.50. The van der Waals surface area contributed by atoms with Gasteiger partial charge in [0.1, 0.15) is 0 Å². The Morgan fingerprint density at radius 3 is 1.80 bits per heavy atom. The van der Waals surface area contributed by atoms with Gasteiger partial charge in [-0.1, -0.05) is 52.4 Å². The van der Waals surface area contributed by atoms with Gasteiger partial charge in [-0.25, -0.2) is 0 Å². The van der Waals surface area contributed by atoms with Gasteiger partial charge in [-0.3, -0.25) is 0 Å². The highest BCUT2D eigenvalue weighted by atomic mass is 127. The zero-order chi connectivity index (χ0) is 14.8. The summed E-state index contributed by atoms with van der Waals surface area (Å²) in [6, 6.07) is 4.76. The van der Waals surface area contributed by atoms with Crippen molar-refractivity contribution in [3.05, 3.63) is 31.3 Å². The van der Waals surface area contributed by atoms with Gasteiger partial charge in [0, 0.05) is 8.04 Å². The molecule has 0 aromatic heterocycles. The van der Waals surface area contributed by atoms with Crippen molar-refractivity contribution in [1.82, 2.24) is 0 Å². The van der Waals surface area contributed by atoms with Crippen LogP contribution in [0.25, 0.3) is 0 Å². The van der Waals surface area contributed by atoms with Crippen molar-refractivity contribution in [2.45, 2.75) is 78.1 Å². The van der Waals surface area contributed by atoms with Crippen molar-refractivity contribution in [2.75, 3.05) is 0 Å². The van der Waals surface area contributed by atoms with E-state index in [9.17, 15) is 0 Å². The Morgan fingerprint density at radius 2 is 1.30 bits per heavy atom. The highest BCUT2D eigenvalue weighted by Crippen LogP contribution is 2.26. The fourth-order valence-electron chi connectivity index (χ4n) is 2.58. The van der Waals surface area contributed by atoms with E-state index in [1.807, 2.05) is 0 Å². The van der Waals surface area contributed by atoms with Gasteiger partial charge in [0.25, 0.3) is 0 Å². The van der Waals surface area contributed by atoms with Gasteiger partial charge in [0.05, 0.1) is 0 Å². The second-order valence-corrected chi connectivity index (χ2v) is 7.67. The van der Waals surface area contributed by atoms with Gasteiger partial charge in [0.15, 0.2) is 0 Å². The smallest absolute Gasteiger partial charge is 0.0311 e. The molecule has 0 radical (unpaired) electrons. The molecule has 0 heterocycles. The Balaban J connectivity index is 2.61. The maximum Gasteiger partial charge on any atom is 0.0311 e. The normalized spacial score (nSPS) is 11.0. The molecule has 0 fully saturated rings. The summed E-state index contributed by atoms with van der Waals surface area (Å²) in [5.74, 6) is 0. The average Bonchev–Trinajstić information content (AvgIpc) is 2.44. The minimum Gasteiger partial charge on any atom is -0.0654 e. The molecular formula is C18H28BrI. The molecule has 0 aliphatic rings. The lowest BCUT2D eigenvalue weighted by molar-refractivity contribution is 0.650. The highest BCUT2D eigenvalue weighted by Gasteiger charge is 2.07. The van der Waals surface area contributed by atoms with Crippen LogP contribution in [0.15, 0.2) is 16.6 Å². The topological polar surface area (TPSA) is 0 Å². The Kier molecular flexibility index (Phi) is 10.2. The molecule has 0 saturated carbocycles. The lowest BCUT2D eigenvalue weighted by atomic mass is 9.97. The number of rotatable bonds is 10. The quantitative estimate of drug-likeness (QED) is 0.259. The van der Waals surface area contributed by atoms with Crippen LogP contribution in [-0.2, 0) is 12.8 Å². The number of halogens is 2. The maximum absolute atomic E-state index is 3.69. The predicted octanol–water partition coefficient (Wildman–Crippen LogP) is 7.30. The molecular weight excluding hydrogens is 423 g/mol. The van der Waals surface area contributed by atoms with E-state index >= 15 is 0 Å². The van der Waals surface area contributed by atoms with Crippen LogP contribution in [0.2, 0.25) is 0 Å². The van der Waals surface area contributed by atoms with E-state index in [1.54, 1.807) is 11.1 Å². The largest absolute Gasteiger partial charge is 0.0654 e. The summed E-state index contributed by atoms with van der Waals surface area (Å²) >= 11 is 6.13. The molecule has 0 aliphatic heterocycles. The standard InChI is InChI=1S/C18H28BrI/c1-3-5-7-9-11-15-13-17(19)18(20)14-16(15)12-10-8-6-4-2/h13-14H,3-12H2,1-2H3. The minimum absolute atomic E-state index is 1.25. The van der Waals surface area contributed by atoms with E-state index in [-0.39, 0.29) is 0 Å².